The summed E-state index contributed by atoms with van der Waals surface area (Å²) in [6.07, 6.45) is 4.89. The van der Waals surface area contributed by atoms with E-state index in [-0.39, 0.29) is 5.78 Å². The maximum Gasteiger partial charge on any atom is 0.158 e. The van der Waals surface area contributed by atoms with E-state index in [9.17, 15) is 4.79 Å². The zero-order valence-electron chi connectivity index (χ0n) is 10.5. The van der Waals surface area contributed by atoms with E-state index in [1.165, 1.54) is 12.0 Å². The molecule has 2 rings (SSSR count). The quantitative estimate of drug-likeness (QED) is 0.445. The third-order valence-corrected chi connectivity index (χ3v) is 4.56. The Hall–Kier alpha value is -0.850. The molecule has 2 atom stereocenters. The normalized spacial score (nSPS) is 34.5. The number of ketones is 1. The molecule has 16 heavy (non-hydrogen) atoms. The molecule has 88 valence electrons. The number of hydrogen-bond acceptors (Lipinski definition) is 1. The van der Waals surface area contributed by atoms with Crippen molar-refractivity contribution in [3.05, 3.63) is 24.3 Å². The van der Waals surface area contributed by atoms with Crippen molar-refractivity contribution < 1.29 is 4.79 Å². The van der Waals surface area contributed by atoms with Crippen molar-refractivity contribution in [3.63, 3.8) is 0 Å². The minimum Gasteiger partial charge on any atom is -0.295 e. The first-order valence-corrected chi connectivity index (χ1v) is 6.30. The fourth-order valence-corrected chi connectivity index (χ4v) is 3.34. The molecule has 1 heteroatoms. The van der Waals surface area contributed by atoms with Crippen LogP contribution in [0.15, 0.2) is 24.3 Å². The van der Waals surface area contributed by atoms with E-state index in [1.807, 2.05) is 0 Å². The van der Waals surface area contributed by atoms with Crippen LogP contribution in [0.2, 0.25) is 0 Å². The van der Waals surface area contributed by atoms with Crippen LogP contribution in [0.5, 0.6) is 0 Å². The van der Waals surface area contributed by atoms with E-state index < -0.39 is 0 Å². The van der Waals surface area contributed by atoms with Gasteiger partial charge in [0, 0.05) is 6.42 Å². The summed E-state index contributed by atoms with van der Waals surface area (Å²) in [7, 11) is 0. The monoisotopic (exact) mass is 218 g/mol. The van der Waals surface area contributed by atoms with E-state index in [4.69, 9.17) is 0 Å². The van der Waals surface area contributed by atoms with Gasteiger partial charge in [-0.15, -0.1) is 0 Å². The average Bonchev–Trinajstić information content (AvgIpc) is 2.24. The molecule has 2 fully saturated rings. The summed E-state index contributed by atoms with van der Waals surface area (Å²) in [6, 6.07) is 0. The molecular weight excluding hydrogens is 196 g/mol. The molecule has 0 heterocycles. The first-order valence-electron chi connectivity index (χ1n) is 6.30. The summed E-state index contributed by atoms with van der Waals surface area (Å²) < 4.78 is 0. The second kappa shape index (κ2) is 3.87. The molecule has 0 aliphatic heterocycles. The van der Waals surface area contributed by atoms with E-state index in [2.05, 4.69) is 27.0 Å². The molecule has 2 aliphatic carbocycles. The molecule has 0 aromatic rings. The van der Waals surface area contributed by atoms with Crippen molar-refractivity contribution in [2.75, 3.05) is 0 Å². The van der Waals surface area contributed by atoms with Crippen LogP contribution in [0.1, 0.15) is 46.0 Å². The molecule has 0 radical (unpaired) electrons. The molecule has 2 saturated carbocycles. The van der Waals surface area contributed by atoms with Crippen molar-refractivity contribution in [1.29, 1.82) is 0 Å². The van der Waals surface area contributed by atoms with Gasteiger partial charge in [0.1, 0.15) is 0 Å². The number of Topliss-reactive ketones (excluding diaryl/α,β-unsaturated/α-hetero) is 1. The number of rotatable bonds is 0. The molecule has 0 amide bonds. The number of hydrogen-bond donors (Lipinski definition) is 0. The Morgan fingerprint density at radius 2 is 1.88 bits per heavy atom. The fourth-order valence-electron chi connectivity index (χ4n) is 3.34. The highest BCUT2D eigenvalue weighted by Gasteiger charge is 2.48. The van der Waals surface area contributed by atoms with E-state index in [0.717, 1.165) is 24.8 Å². The van der Waals surface area contributed by atoms with Crippen molar-refractivity contribution in [2.45, 2.75) is 46.0 Å². The minimum absolute atomic E-state index is 0.272. The predicted molar refractivity (Wildman–Crippen MR) is 67.1 cm³/mol. The molecule has 0 saturated heterocycles. The van der Waals surface area contributed by atoms with Crippen LogP contribution in [0.25, 0.3) is 0 Å². The van der Waals surface area contributed by atoms with Gasteiger partial charge in [-0.05, 0) is 48.5 Å². The summed E-state index contributed by atoms with van der Waals surface area (Å²) in [5.74, 6) is 1.36. The first kappa shape index (κ1) is 11.6. The summed E-state index contributed by atoms with van der Waals surface area (Å²) in [5, 5.41) is 0. The lowest BCUT2D eigenvalue weighted by Crippen LogP contribution is -2.45. The molecule has 2 aliphatic rings. The zero-order chi connectivity index (χ0) is 11.9. The van der Waals surface area contributed by atoms with Gasteiger partial charge in [0.2, 0.25) is 0 Å². The van der Waals surface area contributed by atoms with Crippen LogP contribution in [0, 0.1) is 17.3 Å². The Bertz CT molecular complexity index is 348. The van der Waals surface area contributed by atoms with Crippen LogP contribution in [0.4, 0.5) is 0 Å². The number of allylic oxidation sites excluding steroid dienone is 2. The Labute approximate surface area is 98.6 Å². The zero-order valence-corrected chi connectivity index (χ0v) is 10.5. The maximum absolute atomic E-state index is 11.9. The molecule has 0 N–H and O–H groups in total. The SMILES string of the molecule is C=C1CCC(=O)C(=C)C2CC(C)(C)C2CC1. The number of carbonyl (C=O) groups is 1. The van der Waals surface area contributed by atoms with Gasteiger partial charge in [-0.1, -0.05) is 32.6 Å². The van der Waals surface area contributed by atoms with Crippen molar-refractivity contribution in [3.8, 4) is 0 Å². The molecule has 0 aromatic carbocycles. The topological polar surface area (TPSA) is 17.1 Å². The summed E-state index contributed by atoms with van der Waals surface area (Å²) in [5.41, 5.74) is 2.52. The van der Waals surface area contributed by atoms with Crippen LogP contribution in [-0.4, -0.2) is 5.78 Å². The van der Waals surface area contributed by atoms with Gasteiger partial charge >= 0.3 is 0 Å². The van der Waals surface area contributed by atoms with Crippen LogP contribution >= 0.6 is 0 Å². The highest BCUT2D eigenvalue weighted by molar-refractivity contribution is 5.95. The second-order valence-electron chi connectivity index (χ2n) is 6.14. The van der Waals surface area contributed by atoms with Crippen molar-refractivity contribution in [2.24, 2.45) is 17.3 Å². The molecule has 0 bridgehead atoms. The highest BCUT2D eigenvalue weighted by Crippen LogP contribution is 2.56. The van der Waals surface area contributed by atoms with Crippen LogP contribution in [-0.2, 0) is 4.79 Å². The lowest BCUT2D eigenvalue weighted by molar-refractivity contribution is -0.117. The molecule has 1 nitrogen and oxygen atoms in total. The summed E-state index contributed by atoms with van der Waals surface area (Å²) in [6.45, 7) is 12.7. The van der Waals surface area contributed by atoms with E-state index >= 15 is 0 Å². The fraction of sp³-hybridized carbons (Fsp3) is 0.667. The maximum atomic E-state index is 11.9. The van der Waals surface area contributed by atoms with Gasteiger partial charge in [-0.2, -0.15) is 0 Å². The third kappa shape index (κ3) is 1.88. The minimum atomic E-state index is 0.272. The second-order valence-corrected chi connectivity index (χ2v) is 6.14. The van der Waals surface area contributed by atoms with Gasteiger partial charge in [0.05, 0.1) is 0 Å². The molecule has 0 spiro atoms. The highest BCUT2D eigenvalue weighted by atomic mass is 16.1. The van der Waals surface area contributed by atoms with Gasteiger partial charge in [0.15, 0.2) is 5.78 Å². The lowest BCUT2D eigenvalue weighted by atomic mass is 9.52. The first-order chi connectivity index (χ1) is 7.42. The van der Waals surface area contributed by atoms with E-state index in [1.54, 1.807) is 0 Å². The number of carbonyl (C=O) groups excluding carboxylic acids is 1. The summed E-state index contributed by atoms with van der Waals surface area (Å²) in [4.78, 5) is 11.9. The predicted octanol–water partition coefficient (Wildman–Crippen LogP) is 3.90. The van der Waals surface area contributed by atoms with Gasteiger partial charge in [0.25, 0.3) is 0 Å². The van der Waals surface area contributed by atoms with Crippen molar-refractivity contribution >= 4 is 5.78 Å². The van der Waals surface area contributed by atoms with Gasteiger partial charge in [-0.25, -0.2) is 0 Å². The summed E-state index contributed by atoms with van der Waals surface area (Å²) >= 11 is 0. The largest absolute Gasteiger partial charge is 0.295 e. The van der Waals surface area contributed by atoms with Crippen LogP contribution < -0.4 is 0 Å². The van der Waals surface area contributed by atoms with Gasteiger partial charge in [-0.3, -0.25) is 4.79 Å². The third-order valence-electron chi connectivity index (χ3n) is 4.56. The standard InChI is InChI=1S/C15H22O/c1-10-5-7-13-12(9-15(13,3)4)11(2)14(16)8-6-10/h12-13H,1-2,5-9H2,3-4H3. The molecule has 2 unspecified atom stereocenters. The Balaban J connectivity index is 2.19. The molecular formula is C15H22O. The smallest absolute Gasteiger partial charge is 0.158 e. The Morgan fingerprint density at radius 3 is 2.50 bits per heavy atom. The average molecular weight is 218 g/mol. The van der Waals surface area contributed by atoms with Crippen LogP contribution in [0.3, 0.4) is 0 Å². The van der Waals surface area contributed by atoms with Gasteiger partial charge < -0.3 is 0 Å². The van der Waals surface area contributed by atoms with Crippen molar-refractivity contribution in [1.82, 2.24) is 0 Å². The Kier molecular flexibility index (Phi) is 2.81. The number of fused-ring (bicyclic) bond motifs is 1. The molecule has 0 aromatic heterocycles. The Morgan fingerprint density at radius 1 is 1.19 bits per heavy atom. The lowest BCUT2D eigenvalue weighted by Gasteiger charge is -2.52. The van der Waals surface area contributed by atoms with E-state index in [0.29, 0.717) is 23.7 Å².